The summed E-state index contributed by atoms with van der Waals surface area (Å²) in [6.45, 7) is 0. The molecule has 5 nitrogen and oxygen atoms in total. The molecule has 114 valence electrons. The van der Waals surface area contributed by atoms with Gasteiger partial charge in [-0.3, -0.25) is 4.72 Å². The van der Waals surface area contributed by atoms with Gasteiger partial charge >= 0.3 is 5.97 Å². The molecule has 0 aliphatic rings. The average Bonchev–Trinajstić information content (AvgIpc) is 2.54. The van der Waals surface area contributed by atoms with Crippen molar-refractivity contribution >= 4 is 27.8 Å². The molecule has 0 aliphatic heterocycles. The molecule has 0 radical (unpaired) electrons. The highest BCUT2D eigenvalue weighted by molar-refractivity contribution is 7.95. The lowest BCUT2D eigenvalue weighted by molar-refractivity contribution is 0.0601. The van der Waals surface area contributed by atoms with E-state index in [2.05, 4.69) is 9.46 Å². The molecular formula is C16H15NO4S. The average molecular weight is 317 g/mol. The lowest BCUT2D eigenvalue weighted by Gasteiger charge is -2.05. The Hall–Kier alpha value is -2.60. The summed E-state index contributed by atoms with van der Waals surface area (Å²) < 4.78 is 30.9. The van der Waals surface area contributed by atoms with Crippen LogP contribution in [0.4, 0.5) is 5.69 Å². The van der Waals surface area contributed by atoms with Crippen LogP contribution in [0, 0.1) is 0 Å². The predicted molar refractivity (Wildman–Crippen MR) is 85.8 cm³/mol. The zero-order valence-electron chi connectivity index (χ0n) is 11.9. The molecule has 6 heteroatoms. The Bertz CT molecular complexity index is 766. The fourth-order valence-corrected chi connectivity index (χ4v) is 2.59. The summed E-state index contributed by atoms with van der Waals surface area (Å²) in [5.74, 6) is -0.474. The maximum atomic E-state index is 12.0. The van der Waals surface area contributed by atoms with Crippen molar-refractivity contribution in [2.45, 2.75) is 0 Å². The van der Waals surface area contributed by atoms with Gasteiger partial charge in [0.2, 0.25) is 0 Å². The Balaban J connectivity index is 2.09. The van der Waals surface area contributed by atoms with E-state index in [0.29, 0.717) is 11.3 Å². The van der Waals surface area contributed by atoms with Gasteiger partial charge in [0.05, 0.1) is 18.1 Å². The van der Waals surface area contributed by atoms with Crippen LogP contribution < -0.4 is 4.72 Å². The van der Waals surface area contributed by atoms with Crippen molar-refractivity contribution in [1.82, 2.24) is 0 Å². The van der Waals surface area contributed by atoms with E-state index in [1.807, 2.05) is 18.2 Å². The largest absolute Gasteiger partial charge is 0.465 e. The van der Waals surface area contributed by atoms with E-state index in [1.54, 1.807) is 12.1 Å². The number of hydrogen-bond donors (Lipinski definition) is 1. The van der Waals surface area contributed by atoms with Crippen LogP contribution in [0.25, 0.3) is 6.08 Å². The van der Waals surface area contributed by atoms with E-state index in [9.17, 15) is 13.2 Å². The van der Waals surface area contributed by atoms with Gasteiger partial charge in [0.1, 0.15) is 0 Å². The van der Waals surface area contributed by atoms with E-state index in [4.69, 9.17) is 0 Å². The van der Waals surface area contributed by atoms with Crippen molar-refractivity contribution in [2.75, 3.05) is 11.8 Å². The van der Waals surface area contributed by atoms with E-state index in [1.165, 1.54) is 37.5 Å². The Kier molecular flexibility index (Phi) is 4.95. The monoisotopic (exact) mass is 317 g/mol. The summed E-state index contributed by atoms with van der Waals surface area (Å²) in [5.41, 5.74) is 1.50. The summed E-state index contributed by atoms with van der Waals surface area (Å²) >= 11 is 0. The summed E-state index contributed by atoms with van der Waals surface area (Å²) in [5, 5.41) is 1.09. The van der Waals surface area contributed by atoms with Crippen molar-refractivity contribution in [2.24, 2.45) is 0 Å². The molecule has 0 heterocycles. The molecule has 0 atom stereocenters. The summed E-state index contributed by atoms with van der Waals surface area (Å²) in [6, 6.07) is 15.1. The van der Waals surface area contributed by atoms with Crippen molar-refractivity contribution < 1.29 is 17.9 Å². The van der Waals surface area contributed by atoms with Crippen molar-refractivity contribution in [3.8, 4) is 0 Å². The highest BCUT2D eigenvalue weighted by atomic mass is 32.2. The van der Waals surface area contributed by atoms with Gasteiger partial charge in [0.15, 0.2) is 0 Å². The minimum Gasteiger partial charge on any atom is -0.465 e. The Morgan fingerprint density at radius 2 is 1.68 bits per heavy atom. The molecule has 2 aromatic carbocycles. The minimum absolute atomic E-state index is 0.352. The summed E-state index contributed by atoms with van der Waals surface area (Å²) in [4.78, 5) is 11.3. The molecule has 0 saturated heterocycles. The molecule has 0 saturated carbocycles. The van der Waals surface area contributed by atoms with E-state index in [-0.39, 0.29) is 0 Å². The topological polar surface area (TPSA) is 72.5 Å². The molecule has 22 heavy (non-hydrogen) atoms. The Morgan fingerprint density at radius 1 is 1.05 bits per heavy atom. The lowest BCUT2D eigenvalue weighted by Crippen LogP contribution is -2.09. The molecule has 0 amide bonds. The molecule has 0 unspecified atom stereocenters. The fraction of sp³-hybridized carbons (Fsp3) is 0.0625. The third-order valence-electron chi connectivity index (χ3n) is 2.81. The summed E-state index contributed by atoms with van der Waals surface area (Å²) in [7, 11) is -2.33. The highest BCUT2D eigenvalue weighted by Gasteiger charge is 2.08. The number of rotatable bonds is 5. The first-order valence-corrected chi connectivity index (χ1v) is 7.99. The zero-order chi connectivity index (χ0) is 16.0. The van der Waals surface area contributed by atoms with Crippen molar-refractivity contribution in [1.29, 1.82) is 0 Å². The van der Waals surface area contributed by atoms with Crippen LogP contribution in [0.1, 0.15) is 15.9 Å². The number of hydrogen-bond acceptors (Lipinski definition) is 4. The first-order chi connectivity index (χ1) is 10.5. The van der Waals surface area contributed by atoms with Crippen LogP contribution in [0.2, 0.25) is 0 Å². The number of sulfonamides is 1. The maximum absolute atomic E-state index is 12.0. The number of carbonyl (C=O) groups is 1. The molecule has 2 aromatic rings. The second-order valence-electron chi connectivity index (χ2n) is 4.43. The molecule has 1 N–H and O–H groups in total. The van der Waals surface area contributed by atoms with Gasteiger partial charge in [-0.1, -0.05) is 30.3 Å². The van der Waals surface area contributed by atoms with Crippen LogP contribution >= 0.6 is 0 Å². The smallest absolute Gasteiger partial charge is 0.337 e. The number of nitrogens with one attached hydrogen (secondary N) is 1. The van der Waals surface area contributed by atoms with Gasteiger partial charge in [-0.25, -0.2) is 13.2 Å². The molecule has 0 spiro atoms. The number of esters is 1. The first-order valence-electron chi connectivity index (χ1n) is 6.44. The van der Waals surface area contributed by atoms with Crippen LogP contribution in [0.5, 0.6) is 0 Å². The Labute approximate surface area is 129 Å². The molecule has 0 aliphatic carbocycles. The second-order valence-corrected chi connectivity index (χ2v) is 6.00. The van der Waals surface area contributed by atoms with Crippen LogP contribution in [0.3, 0.4) is 0 Å². The van der Waals surface area contributed by atoms with E-state index in [0.717, 1.165) is 11.0 Å². The lowest BCUT2D eigenvalue weighted by atomic mass is 10.2. The van der Waals surface area contributed by atoms with Gasteiger partial charge in [-0.15, -0.1) is 0 Å². The minimum atomic E-state index is -3.62. The SMILES string of the molecule is COC(=O)c1ccc(NS(=O)(=O)C=Cc2ccccc2)cc1. The number of carbonyl (C=O) groups excluding carboxylic acids is 1. The molecular weight excluding hydrogens is 302 g/mol. The van der Waals surface area contributed by atoms with Gasteiger partial charge in [-0.05, 0) is 35.9 Å². The predicted octanol–water partition coefficient (Wildman–Crippen LogP) is 2.89. The normalized spacial score (nSPS) is 11.3. The molecule has 0 bridgehead atoms. The van der Waals surface area contributed by atoms with Crippen LogP contribution in [-0.2, 0) is 14.8 Å². The van der Waals surface area contributed by atoms with Crippen LogP contribution in [0.15, 0.2) is 60.0 Å². The van der Waals surface area contributed by atoms with Crippen molar-refractivity contribution in [3.05, 3.63) is 71.1 Å². The van der Waals surface area contributed by atoms with Gasteiger partial charge in [-0.2, -0.15) is 0 Å². The highest BCUT2D eigenvalue weighted by Crippen LogP contribution is 2.13. The standard InChI is InChI=1S/C16H15NO4S/c1-21-16(18)14-7-9-15(10-8-14)17-22(19,20)12-11-13-5-3-2-4-6-13/h2-12,17H,1H3. The molecule has 0 aromatic heterocycles. The molecule has 2 rings (SSSR count). The number of benzene rings is 2. The number of methoxy groups -OCH3 is 1. The summed E-state index contributed by atoms with van der Waals surface area (Å²) in [6.07, 6.45) is 1.51. The molecule has 0 fully saturated rings. The fourth-order valence-electron chi connectivity index (χ4n) is 1.72. The number of ether oxygens (including phenoxy) is 1. The second kappa shape index (κ2) is 6.91. The van der Waals surface area contributed by atoms with Gasteiger partial charge < -0.3 is 4.74 Å². The van der Waals surface area contributed by atoms with Gasteiger partial charge in [0.25, 0.3) is 10.0 Å². The Morgan fingerprint density at radius 3 is 2.27 bits per heavy atom. The quantitative estimate of drug-likeness (QED) is 0.861. The van der Waals surface area contributed by atoms with Crippen LogP contribution in [-0.4, -0.2) is 21.5 Å². The van der Waals surface area contributed by atoms with E-state index >= 15 is 0 Å². The third kappa shape index (κ3) is 4.46. The maximum Gasteiger partial charge on any atom is 0.337 e. The third-order valence-corrected chi connectivity index (χ3v) is 3.82. The van der Waals surface area contributed by atoms with Gasteiger partial charge in [0, 0.05) is 5.69 Å². The number of anilines is 1. The van der Waals surface area contributed by atoms with E-state index < -0.39 is 16.0 Å². The zero-order valence-corrected chi connectivity index (χ0v) is 12.7. The first kappa shape index (κ1) is 15.8. The van der Waals surface area contributed by atoms with Crippen molar-refractivity contribution in [3.63, 3.8) is 0 Å².